The number of allylic oxidation sites excluding steroid dienone is 2. The third kappa shape index (κ3) is 5.87. The van der Waals surface area contributed by atoms with Gasteiger partial charge in [-0.05, 0) is 54.3 Å². The molecule has 2 aromatic rings. The van der Waals surface area contributed by atoms with Crippen LogP contribution in [-0.4, -0.2) is 22.5 Å². The van der Waals surface area contributed by atoms with E-state index in [-0.39, 0.29) is 29.1 Å². The first kappa shape index (κ1) is 21.6. The average Bonchev–Trinajstić information content (AvgIpc) is 2.67. The van der Waals surface area contributed by atoms with E-state index >= 15 is 0 Å². The summed E-state index contributed by atoms with van der Waals surface area (Å²) in [5.41, 5.74) is 1.68. The number of hydrogen-bond acceptors (Lipinski definition) is 4. The van der Waals surface area contributed by atoms with Gasteiger partial charge in [0, 0.05) is 0 Å². The van der Waals surface area contributed by atoms with Gasteiger partial charge in [-0.2, -0.15) is 5.26 Å². The normalized spacial score (nSPS) is 12.4. The maximum atomic E-state index is 12.3. The molecular formula is C21H16F3NO4. The van der Waals surface area contributed by atoms with E-state index in [0.29, 0.717) is 16.7 Å². The summed E-state index contributed by atoms with van der Waals surface area (Å²) in [5, 5.41) is 28.2. The number of rotatable bonds is 6. The highest BCUT2D eigenvalue weighted by atomic mass is 19.4. The van der Waals surface area contributed by atoms with Crippen LogP contribution in [0.5, 0.6) is 5.75 Å². The Morgan fingerprint density at radius 3 is 2.34 bits per heavy atom. The zero-order valence-electron chi connectivity index (χ0n) is 15.2. The highest BCUT2D eigenvalue weighted by molar-refractivity contribution is 5.90. The Morgan fingerprint density at radius 1 is 1.17 bits per heavy atom. The number of alkyl halides is 3. The Balaban J connectivity index is 2.29. The van der Waals surface area contributed by atoms with Crippen LogP contribution >= 0.6 is 0 Å². The zero-order chi connectivity index (χ0) is 21.6. The summed E-state index contributed by atoms with van der Waals surface area (Å²) >= 11 is 0. The topological polar surface area (TPSA) is 90.5 Å². The molecule has 0 aliphatic rings. The van der Waals surface area contributed by atoms with Crippen LogP contribution in [-0.2, 0) is 11.2 Å². The summed E-state index contributed by atoms with van der Waals surface area (Å²) in [6.45, 7) is 1.50. The van der Waals surface area contributed by atoms with E-state index in [2.05, 4.69) is 4.74 Å². The smallest absolute Gasteiger partial charge is 0.507 e. The molecule has 0 unspecified atom stereocenters. The number of halogens is 3. The highest BCUT2D eigenvalue weighted by Gasteiger charge is 2.31. The Hall–Kier alpha value is -3.73. The number of carboxylic acids is 1. The monoisotopic (exact) mass is 403 g/mol. The molecule has 0 bridgehead atoms. The second-order valence-corrected chi connectivity index (χ2v) is 5.86. The lowest BCUT2D eigenvalue weighted by atomic mass is 9.96. The molecule has 0 aromatic heterocycles. The number of carboxylic acid groups (broad SMARTS) is 1. The number of carbonyl (C=O) groups is 1. The Kier molecular flexibility index (Phi) is 6.67. The summed E-state index contributed by atoms with van der Waals surface area (Å²) in [7, 11) is 0. The minimum absolute atomic E-state index is 0.160. The van der Waals surface area contributed by atoms with Gasteiger partial charge in [0.2, 0.25) is 0 Å². The van der Waals surface area contributed by atoms with Crippen molar-refractivity contribution in [3.63, 3.8) is 0 Å². The SMILES string of the molecule is C/C=C(O)\C(=C/Cc1ccc(-c2ccc(OC(F)(F)F)cc2)c(C#N)c1)C(=O)O. The van der Waals surface area contributed by atoms with Gasteiger partial charge in [-0.3, -0.25) is 0 Å². The minimum Gasteiger partial charge on any atom is -0.507 e. The number of aliphatic hydroxyl groups excluding tert-OH is 1. The molecule has 0 saturated heterocycles. The molecule has 0 aliphatic carbocycles. The van der Waals surface area contributed by atoms with Crippen LogP contribution in [0.4, 0.5) is 13.2 Å². The predicted octanol–water partition coefficient (Wildman–Crippen LogP) is 5.14. The van der Waals surface area contributed by atoms with Crippen LogP contribution in [0.2, 0.25) is 0 Å². The van der Waals surface area contributed by atoms with Crippen molar-refractivity contribution < 1.29 is 32.9 Å². The van der Waals surface area contributed by atoms with Gasteiger partial charge in [-0.25, -0.2) is 4.79 Å². The van der Waals surface area contributed by atoms with E-state index in [9.17, 15) is 28.3 Å². The van der Waals surface area contributed by atoms with Crippen molar-refractivity contribution in [3.05, 3.63) is 77.1 Å². The Morgan fingerprint density at radius 2 is 1.83 bits per heavy atom. The molecule has 0 aliphatic heterocycles. The molecule has 8 heteroatoms. The van der Waals surface area contributed by atoms with Crippen LogP contribution in [0, 0.1) is 11.3 Å². The lowest BCUT2D eigenvalue weighted by Crippen LogP contribution is -2.16. The maximum Gasteiger partial charge on any atom is 0.573 e. The standard InChI is InChI=1S/C21H16F3NO4/c1-2-19(26)18(20(27)28)10-4-13-3-9-17(15(11-13)12-25)14-5-7-16(8-6-14)29-21(22,23)24/h2-3,5-11,26H,4H2,1H3,(H,27,28)/b18-10+,19-2+. The number of nitriles is 1. The van der Waals surface area contributed by atoms with Gasteiger partial charge in [0.1, 0.15) is 11.5 Å². The van der Waals surface area contributed by atoms with Crippen molar-refractivity contribution >= 4 is 5.97 Å². The first-order chi connectivity index (χ1) is 13.6. The van der Waals surface area contributed by atoms with Crippen molar-refractivity contribution in [1.82, 2.24) is 0 Å². The van der Waals surface area contributed by atoms with Gasteiger partial charge in [-0.15, -0.1) is 13.2 Å². The number of aliphatic hydroxyl groups is 1. The molecule has 0 spiro atoms. The molecule has 2 rings (SSSR count). The number of aliphatic carboxylic acids is 1. The third-order valence-corrected chi connectivity index (χ3v) is 3.93. The van der Waals surface area contributed by atoms with E-state index in [0.717, 1.165) is 12.1 Å². The van der Waals surface area contributed by atoms with Gasteiger partial charge < -0.3 is 14.9 Å². The van der Waals surface area contributed by atoms with Crippen LogP contribution in [0.15, 0.2) is 65.9 Å². The Bertz CT molecular complexity index is 1000. The molecule has 0 fully saturated rings. The number of ether oxygens (including phenoxy) is 1. The van der Waals surface area contributed by atoms with E-state index in [1.54, 1.807) is 18.2 Å². The number of nitrogens with zero attached hydrogens (tertiary/aromatic N) is 1. The zero-order valence-corrected chi connectivity index (χ0v) is 15.2. The van der Waals surface area contributed by atoms with Gasteiger partial charge >= 0.3 is 12.3 Å². The lowest BCUT2D eigenvalue weighted by Gasteiger charge is -2.10. The van der Waals surface area contributed by atoms with Gasteiger partial charge in [0.15, 0.2) is 0 Å². The first-order valence-corrected chi connectivity index (χ1v) is 8.33. The van der Waals surface area contributed by atoms with Crippen molar-refractivity contribution in [2.24, 2.45) is 0 Å². The molecular weight excluding hydrogens is 387 g/mol. The van der Waals surface area contributed by atoms with Crippen molar-refractivity contribution in [1.29, 1.82) is 5.26 Å². The molecule has 0 amide bonds. The van der Waals surface area contributed by atoms with Crippen molar-refractivity contribution in [3.8, 4) is 22.9 Å². The fourth-order valence-electron chi connectivity index (χ4n) is 2.58. The fraction of sp³-hybridized carbons (Fsp3) is 0.143. The van der Waals surface area contributed by atoms with E-state index < -0.39 is 12.3 Å². The fourth-order valence-corrected chi connectivity index (χ4v) is 2.58. The molecule has 0 radical (unpaired) electrons. The van der Waals surface area contributed by atoms with Gasteiger partial charge in [0.05, 0.1) is 17.2 Å². The second-order valence-electron chi connectivity index (χ2n) is 5.86. The lowest BCUT2D eigenvalue weighted by molar-refractivity contribution is -0.274. The molecule has 2 aromatic carbocycles. The predicted molar refractivity (Wildman–Crippen MR) is 99.1 cm³/mol. The van der Waals surface area contributed by atoms with Gasteiger partial charge in [-0.1, -0.05) is 30.3 Å². The second kappa shape index (κ2) is 8.97. The number of hydrogen-bond donors (Lipinski definition) is 2. The molecule has 2 N–H and O–H groups in total. The van der Waals surface area contributed by atoms with Gasteiger partial charge in [0.25, 0.3) is 0 Å². The first-order valence-electron chi connectivity index (χ1n) is 8.33. The van der Waals surface area contributed by atoms with Crippen LogP contribution < -0.4 is 4.74 Å². The molecule has 0 heterocycles. The maximum absolute atomic E-state index is 12.3. The summed E-state index contributed by atoms with van der Waals surface area (Å²) in [5.74, 6) is -2.01. The van der Waals surface area contributed by atoms with Crippen LogP contribution in [0.1, 0.15) is 18.1 Å². The highest BCUT2D eigenvalue weighted by Crippen LogP contribution is 2.29. The van der Waals surface area contributed by atoms with E-state index in [4.69, 9.17) is 5.11 Å². The molecule has 29 heavy (non-hydrogen) atoms. The summed E-state index contributed by atoms with van der Waals surface area (Å²) in [4.78, 5) is 11.2. The molecule has 5 nitrogen and oxygen atoms in total. The molecule has 150 valence electrons. The average molecular weight is 403 g/mol. The number of benzene rings is 2. The van der Waals surface area contributed by atoms with E-state index in [1.165, 1.54) is 31.2 Å². The van der Waals surface area contributed by atoms with Crippen molar-refractivity contribution in [2.45, 2.75) is 19.7 Å². The third-order valence-electron chi connectivity index (χ3n) is 3.93. The minimum atomic E-state index is -4.79. The Labute approximate surface area is 164 Å². The van der Waals surface area contributed by atoms with E-state index in [1.807, 2.05) is 6.07 Å². The molecule has 0 saturated carbocycles. The van der Waals surface area contributed by atoms with Crippen LogP contribution in [0.25, 0.3) is 11.1 Å². The largest absolute Gasteiger partial charge is 0.573 e. The summed E-state index contributed by atoms with van der Waals surface area (Å²) < 4.78 is 40.6. The summed E-state index contributed by atoms with van der Waals surface area (Å²) in [6.07, 6.45) is -2.04. The molecule has 0 atom stereocenters. The van der Waals surface area contributed by atoms with Crippen LogP contribution in [0.3, 0.4) is 0 Å². The quantitative estimate of drug-likeness (QED) is 0.396. The van der Waals surface area contributed by atoms with Crippen molar-refractivity contribution in [2.75, 3.05) is 0 Å². The summed E-state index contributed by atoms with van der Waals surface area (Å²) in [6, 6.07) is 12.0.